The number of methoxy groups -OCH3 is 1. The number of halogens is 1. The highest BCUT2D eigenvalue weighted by Crippen LogP contribution is 2.31. The summed E-state index contributed by atoms with van der Waals surface area (Å²) in [6, 6.07) is 7.58. The minimum absolute atomic E-state index is 0.00841. The molecule has 140 valence electrons. The zero-order valence-corrected chi connectivity index (χ0v) is 14.3. The molecule has 0 unspecified atom stereocenters. The minimum Gasteiger partial charge on any atom is -0.465 e. The topological polar surface area (TPSA) is 111 Å². The maximum atomic E-state index is 13.9. The number of anilines is 2. The summed E-state index contributed by atoms with van der Waals surface area (Å²) in [5.41, 5.74) is -0.0860. The molecule has 8 nitrogen and oxygen atoms in total. The first-order chi connectivity index (χ1) is 12.9. The molecule has 0 aliphatic heterocycles. The summed E-state index contributed by atoms with van der Waals surface area (Å²) in [7, 11) is 1.18. The predicted molar refractivity (Wildman–Crippen MR) is 95.4 cm³/mol. The van der Waals surface area contributed by atoms with E-state index in [4.69, 9.17) is 0 Å². The zero-order chi connectivity index (χ0) is 19.6. The molecule has 0 atom stereocenters. The van der Waals surface area contributed by atoms with E-state index in [1.54, 1.807) is 0 Å². The number of nitrogens with zero attached hydrogens (tertiary/aromatic N) is 1. The van der Waals surface area contributed by atoms with Crippen molar-refractivity contribution < 1.29 is 23.6 Å². The van der Waals surface area contributed by atoms with Crippen LogP contribution in [0.3, 0.4) is 0 Å². The highest BCUT2D eigenvalue weighted by atomic mass is 19.1. The van der Waals surface area contributed by atoms with Crippen LogP contribution in [0.15, 0.2) is 36.4 Å². The van der Waals surface area contributed by atoms with Crippen molar-refractivity contribution in [1.29, 1.82) is 0 Å². The molecule has 1 saturated carbocycles. The molecule has 3 rings (SSSR count). The number of ether oxygens (including phenoxy) is 1. The lowest BCUT2D eigenvalue weighted by molar-refractivity contribution is -0.384. The Morgan fingerprint density at radius 1 is 1.15 bits per heavy atom. The number of carbonyl (C=O) groups is 2. The summed E-state index contributed by atoms with van der Waals surface area (Å²) < 4.78 is 18.5. The summed E-state index contributed by atoms with van der Waals surface area (Å²) in [4.78, 5) is 34.6. The molecule has 0 spiro atoms. The lowest BCUT2D eigenvalue weighted by Gasteiger charge is -2.10. The van der Waals surface area contributed by atoms with Crippen LogP contribution in [0.2, 0.25) is 0 Å². The van der Waals surface area contributed by atoms with Gasteiger partial charge in [0.25, 0.3) is 11.6 Å². The van der Waals surface area contributed by atoms with Gasteiger partial charge in [0.15, 0.2) is 0 Å². The van der Waals surface area contributed by atoms with Crippen LogP contribution in [0.5, 0.6) is 0 Å². The van der Waals surface area contributed by atoms with E-state index in [0.717, 1.165) is 31.0 Å². The standard InChI is InChI=1S/C18H16FN3O5/c1-27-18(24)11-2-6-13(19)15(8-11)21-17(23)10-3-7-14(20-12-4-5-12)16(9-10)22(25)26/h2-3,6-9,12,20H,4-5H2,1H3,(H,21,23). The lowest BCUT2D eigenvalue weighted by atomic mass is 10.1. The fourth-order valence-electron chi connectivity index (χ4n) is 2.45. The molecule has 9 heteroatoms. The molecular formula is C18H16FN3O5. The van der Waals surface area contributed by atoms with E-state index in [0.29, 0.717) is 5.69 Å². The van der Waals surface area contributed by atoms with Gasteiger partial charge < -0.3 is 15.4 Å². The van der Waals surface area contributed by atoms with Crippen LogP contribution in [-0.2, 0) is 4.74 Å². The lowest BCUT2D eigenvalue weighted by Crippen LogP contribution is -2.15. The van der Waals surface area contributed by atoms with Crippen molar-refractivity contribution in [3.05, 3.63) is 63.5 Å². The maximum absolute atomic E-state index is 13.9. The molecule has 0 aromatic heterocycles. The SMILES string of the molecule is COC(=O)c1ccc(F)c(NC(=O)c2ccc(NC3CC3)c([N+](=O)[O-])c2)c1. The minimum atomic E-state index is -0.752. The molecular weight excluding hydrogens is 357 g/mol. The number of carbonyl (C=O) groups excluding carboxylic acids is 2. The van der Waals surface area contributed by atoms with Crippen LogP contribution >= 0.6 is 0 Å². The first kappa shape index (κ1) is 18.3. The van der Waals surface area contributed by atoms with Crippen molar-refractivity contribution >= 4 is 28.9 Å². The molecule has 2 aromatic carbocycles. The predicted octanol–water partition coefficient (Wildman–Crippen LogP) is 3.35. The normalized spacial score (nSPS) is 13.0. The first-order valence-corrected chi connectivity index (χ1v) is 8.13. The van der Waals surface area contributed by atoms with Gasteiger partial charge in [0.1, 0.15) is 11.5 Å². The average Bonchev–Trinajstić information content (AvgIpc) is 3.47. The molecule has 1 aliphatic carbocycles. The van der Waals surface area contributed by atoms with Crippen LogP contribution in [-0.4, -0.2) is 30.0 Å². The van der Waals surface area contributed by atoms with Crippen molar-refractivity contribution in [1.82, 2.24) is 0 Å². The third kappa shape index (κ3) is 4.20. The van der Waals surface area contributed by atoms with E-state index in [9.17, 15) is 24.1 Å². The summed E-state index contributed by atoms with van der Waals surface area (Å²) in [6.45, 7) is 0. The van der Waals surface area contributed by atoms with Gasteiger partial charge in [-0.1, -0.05) is 0 Å². The third-order valence-corrected chi connectivity index (χ3v) is 4.03. The second kappa shape index (κ2) is 7.40. The number of benzene rings is 2. The number of nitro benzene ring substituents is 1. The molecule has 0 bridgehead atoms. The van der Waals surface area contributed by atoms with Gasteiger partial charge in [-0.3, -0.25) is 14.9 Å². The molecule has 2 N–H and O–H groups in total. The second-order valence-corrected chi connectivity index (χ2v) is 6.05. The summed E-state index contributed by atoms with van der Waals surface area (Å²) in [6.07, 6.45) is 1.88. The maximum Gasteiger partial charge on any atom is 0.337 e. The Morgan fingerprint density at radius 2 is 1.85 bits per heavy atom. The molecule has 0 heterocycles. The van der Waals surface area contributed by atoms with Gasteiger partial charge in [-0.05, 0) is 43.2 Å². The van der Waals surface area contributed by atoms with Gasteiger partial charge in [-0.25, -0.2) is 9.18 Å². The molecule has 1 aliphatic rings. The fraction of sp³-hybridized carbons (Fsp3) is 0.222. The number of rotatable bonds is 6. The van der Waals surface area contributed by atoms with Gasteiger partial charge in [0.05, 0.1) is 23.3 Å². The molecule has 1 amide bonds. The van der Waals surface area contributed by atoms with E-state index in [1.165, 1.54) is 25.3 Å². The van der Waals surface area contributed by atoms with Crippen LogP contribution < -0.4 is 10.6 Å². The molecule has 0 radical (unpaired) electrons. The van der Waals surface area contributed by atoms with E-state index in [-0.39, 0.29) is 28.5 Å². The zero-order valence-electron chi connectivity index (χ0n) is 14.3. The largest absolute Gasteiger partial charge is 0.465 e. The van der Waals surface area contributed by atoms with Gasteiger partial charge in [-0.2, -0.15) is 0 Å². The molecule has 0 saturated heterocycles. The van der Waals surface area contributed by atoms with Crippen LogP contribution in [0.4, 0.5) is 21.5 Å². The van der Waals surface area contributed by atoms with Gasteiger partial charge in [0, 0.05) is 17.7 Å². The van der Waals surface area contributed by atoms with Crippen molar-refractivity contribution in [2.75, 3.05) is 17.7 Å². The Hall–Kier alpha value is -3.49. The van der Waals surface area contributed by atoms with Gasteiger partial charge >= 0.3 is 5.97 Å². The Labute approximate surface area is 153 Å². The number of nitrogens with one attached hydrogen (secondary N) is 2. The monoisotopic (exact) mass is 373 g/mol. The van der Waals surface area contributed by atoms with Crippen LogP contribution in [0.25, 0.3) is 0 Å². The summed E-state index contributed by atoms with van der Waals surface area (Å²) >= 11 is 0. The molecule has 1 fully saturated rings. The quantitative estimate of drug-likeness (QED) is 0.456. The van der Waals surface area contributed by atoms with E-state index in [2.05, 4.69) is 15.4 Å². The third-order valence-electron chi connectivity index (χ3n) is 4.03. The van der Waals surface area contributed by atoms with Crippen molar-refractivity contribution in [2.24, 2.45) is 0 Å². The van der Waals surface area contributed by atoms with Crippen molar-refractivity contribution in [3.8, 4) is 0 Å². The van der Waals surface area contributed by atoms with Crippen molar-refractivity contribution in [2.45, 2.75) is 18.9 Å². The van der Waals surface area contributed by atoms with Crippen LogP contribution in [0.1, 0.15) is 33.6 Å². The Balaban J connectivity index is 1.84. The number of esters is 1. The van der Waals surface area contributed by atoms with Gasteiger partial charge in [0.2, 0.25) is 0 Å². The van der Waals surface area contributed by atoms with Crippen LogP contribution in [0, 0.1) is 15.9 Å². The Morgan fingerprint density at radius 3 is 2.48 bits per heavy atom. The van der Waals surface area contributed by atoms with E-state index in [1.807, 2.05) is 0 Å². The number of nitro groups is 1. The van der Waals surface area contributed by atoms with E-state index < -0.39 is 22.6 Å². The number of amides is 1. The number of hydrogen-bond donors (Lipinski definition) is 2. The fourth-order valence-corrected chi connectivity index (χ4v) is 2.45. The van der Waals surface area contributed by atoms with Gasteiger partial charge in [-0.15, -0.1) is 0 Å². The first-order valence-electron chi connectivity index (χ1n) is 8.13. The summed E-state index contributed by atoms with van der Waals surface area (Å²) in [5, 5.41) is 16.6. The number of hydrogen-bond acceptors (Lipinski definition) is 6. The highest BCUT2D eigenvalue weighted by molar-refractivity contribution is 6.05. The molecule has 27 heavy (non-hydrogen) atoms. The highest BCUT2D eigenvalue weighted by Gasteiger charge is 2.25. The smallest absolute Gasteiger partial charge is 0.337 e. The van der Waals surface area contributed by atoms with E-state index >= 15 is 0 Å². The Kier molecular flexibility index (Phi) is 5.02. The second-order valence-electron chi connectivity index (χ2n) is 6.05. The Bertz CT molecular complexity index is 927. The molecule has 2 aromatic rings. The summed E-state index contributed by atoms with van der Waals surface area (Å²) in [5.74, 6) is -2.17. The van der Waals surface area contributed by atoms with Crippen molar-refractivity contribution in [3.63, 3.8) is 0 Å². The average molecular weight is 373 g/mol.